The van der Waals surface area contributed by atoms with Crippen molar-refractivity contribution in [3.05, 3.63) is 12.2 Å². The SMILES string of the molecule is CCCC/C=C/[C@H](C)[C@@H](C)O. The maximum Gasteiger partial charge on any atom is 0.0572 e. The first-order chi connectivity index (χ1) is 5.18. The molecule has 0 aliphatic carbocycles. The van der Waals surface area contributed by atoms with Gasteiger partial charge < -0.3 is 5.11 Å². The standard InChI is InChI=1S/C10H20O/c1-4-5-6-7-8-9(2)10(3)11/h7-11H,4-6H2,1-3H3/b8-7+/t9-,10+/m0/s1. The van der Waals surface area contributed by atoms with Crippen LogP contribution >= 0.6 is 0 Å². The van der Waals surface area contributed by atoms with Crippen molar-refractivity contribution in [2.45, 2.75) is 46.1 Å². The van der Waals surface area contributed by atoms with Crippen molar-refractivity contribution in [1.29, 1.82) is 0 Å². The molecule has 1 heteroatoms. The summed E-state index contributed by atoms with van der Waals surface area (Å²) in [7, 11) is 0. The van der Waals surface area contributed by atoms with Gasteiger partial charge in [0, 0.05) is 0 Å². The van der Waals surface area contributed by atoms with Gasteiger partial charge in [0.1, 0.15) is 0 Å². The third-order valence-electron chi connectivity index (χ3n) is 1.92. The summed E-state index contributed by atoms with van der Waals surface area (Å²) in [5.74, 6) is 0.298. The van der Waals surface area contributed by atoms with E-state index in [-0.39, 0.29) is 6.10 Å². The molecule has 1 nitrogen and oxygen atoms in total. The van der Waals surface area contributed by atoms with Gasteiger partial charge in [-0.25, -0.2) is 0 Å². The van der Waals surface area contributed by atoms with Crippen LogP contribution in [-0.4, -0.2) is 11.2 Å². The van der Waals surface area contributed by atoms with Crippen molar-refractivity contribution in [2.24, 2.45) is 5.92 Å². The van der Waals surface area contributed by atoms with Gasteiger partial charge in [-0.15, -0.1) is 0 Å². The molecule has 0 unspecified atom stereocenters. The van der Waals surface area contributed by atoms with E-state index in [1.54, 1.807) is 0 Å². The summed E-state index contributed by atoms with van der Waals surface area (Å²) in [5, 5.41) is 9.13. The first-order valence-electron chi connectivity index (χ1n) is 4.53. The quantitative estimate of drug-likeness (QED) is 0.479. The number of aliphatic hydroxyl groups excluding tert-OH is 1. The minimum Gasteiger partial charge on any atom is -0.393 e. The number of rotatable bonds is 5. The van der Waals surface area contributed by atoms with Gasteiger partial charge in [-0.3, -0.25) is 0 Å². The lowest BCUT2D eigenvalue weighted by Gasteiger charge is -2.08. The van der Waals surface area contributed by atoms with E-state index in [0.717, 1.165) is 6.42 Å². The Morgan fingerprint density at radius 1 is 1.36 bits per heavy atom. The summed E-state index contributed by atoms with van der Waals surface area (Å²) in [6.07, 6.45) is 7.69. The second kappa shape index (κ2) is 6.41. The molecule has 66 valence electrons. The van der Waals surface area contributed by atoms with Gasteiger partial charge in [-0.05, 0) is 19.3 Å². The highest BCUT2D eigenvalue weighted by atomic mass is 16.3. The highest BCUT2D eigenvalue weighted by Crippen LogP contribution is 2.05. The zero-order valence-electron chi connectivity index (χ0n) is 7.88. The van der Waals surface area contributed by atoms with E-state index in [1.807, 2.05) is 13.8 Å². The van der Waals surface area contributed by atoms with Gasteiger partial charge >= 0.3 is 0 Å². The maximum absolute atomic E-state index is 9.13. The zero-order valence-corrected chi connectivity index (χ0v) is 7.88. The van der Waals surface area contributed by atoms with Crippen LogP contribution in [-0.2, 0) is 0 Å². The van der Waals surface area contributed by atoms with Crippen LogP contribution in [0.4, 0.5) is 0 Å². The highest BCUT2D eigenvalue weighted by Gasteiger charge is 2.02. The molecule has 0 aromatic carbocycles. The average molecular weight is 156 g/mol. The van der Waals surface area contributed by atoms with E-state index < -0.39 is 0 Å². The number of hydrogen-bond acceptors (Lipinski definition) is 1. The Hall–Kier alpha value is -0.300. The lowest BCUT2D eigenvalue weighted by Crippen LogP contribution is -2.09. The molecule has 1 N–H and O–H groups in total. The molecule has 0 aromatic heterocycles. The molecule has 0 radical (unpaired) electrons. The van der Waals surface area contributed by atoms with Gasteiger partial charge in [-0.2, -0.15) is 0 Å². The summed E-state index contributed by atoms with van der Waals surface area (Å²) in [6.45, 7) is 6.05. The third-order valence-corrected chi connectivity index (χ3v) is 1.92. The summed E-state index contributed by atoms with van der Waals surface area (Å²) in [4.78, 5) is 0. The van der Waals surface area contributed by atoms with E-state index in [1.165, 1.54) is 12.8 Å². The van der Waals surface area contributed by atoms with Crippen LogP contribution in [0.2, 0.25) is 0 Å². The average Bonchev–Trinajstić information content (AvgIpc) is 1.97. The first kappa shape index (κ1) is 10.7. The normalized spacial score (nSPS) is 17.1. The van der Waals surface area contributed by atoms with Crippen LogP contribution < -0.4 is 0 Å². The number of hydrogen-bond donors (Lipinski definition) is 1. The highest BCUT2D eigenvalue weighted by molar-refractivity contribution is 4.88. The second-order valence-corrected chi connectivity index (χ2v) is 3.17. The molecule has 11 heavy (non-hydrogen) atoms. The van der Waals surface area contributed by atoms with E-state index in [4.69, 9.17) is 5.11 Å². The maximum atomic E-state index is 9.13. The Morgan fingerprint density at radius 3 is 2.45 bits per heavy atom. The van der Waals surface area contributed by atoms with Crippen molar-refractivity contribution in [3.8, 4) is 0 Å². The molecule has 2 atom stereocenters. The molecule has 0 amide bonds. The summed E-state index contributed by atoms with van der Waals surface area (Å²) >= 11 is 0. The van der Waals surface area contributed by atoms with Gasteiger partial charge in [0.2, 0.25) is 0 Å². The van der Waals surface area contributed by atoms with Gasteiger partial charge in [0.15, 0.2) is 0 Å². The molecule has 0 saturated carbocycles. The molecule has 0 bridgehead atoms. The van der Waals surface area contributed by atoms with Crippen molar-refractivity contribution < 1.29 is 5.11 Å². The lowest BCUT2D eigenvalue weighted by atomic mass is 10.1. The Labute approximate surface area is 70.1 Å². The fraction of sp³-hybridized carbons (Fsp3) is 0.800. The van der Waals surface area contributed by atoms with Crippen molar-refractivity contribution >= 4 is 0 Å². The van der Waals surface area contributed by atoms with Gasteiger partial charge in [0.05, 0.1) is 6.10 Å². The minimum absolute atomic E-state index is 0.215. The number of unbranched alkanes of at least 4 members (excludes halogenated alkanes) is 2. The number of aliphatic hydroxyl groups is 1. The van der Waals surface area contributed by atoms with E-state index in [2.05, 4.69) is 19.1 Å². The van der Waals surface area contributed by atoms with Crippen LogP contribution in [0.5, 0.6) is 0 Å². The summed E-state index contributed by atoms with van der Waals surface area (Å²) in [6, 6.07) is 0. The van der Waals surface area contributed by atoms with E-state index in [0.29, 0.717) is 5.92 Å². The molecule has 0 spiro atoms. The van der Waals surface area contributed by atoms with Gasteiger partial charge in [-0.1, -0.05) is 38.8 Å². The van der Waals surface area contributed by atoms with Gasteiger partial charge in [0.25, 0.3) is 0 Å². The minimum atomic E-state index is -0.215. The zero-order chi connectivity index (χ0) is 8.69. The Kier molecular flexibility index (Phi) is 6.24. The fourth-order valence-electron chi connectivity index (χ4n) is 0.794. The predicted octanol–water partition coefficient (Wildman–Crippen LogP) is 2.75. The summed E-state index contributed by atoms with van der Waals surface area (Å²) < 4.78 is 0. The largest absolute Gasteiger partial charge is 0.393 e. The third kappa shape index (κ3) is 6.11. The monoisotopic (exact) mass is 156 g/mol. The Balaban J connectivity index is 3.40. The smallest absolute Gasteiger partial charge is 0.0572 e. The fourth-order valence-corrected chi connectivity index (χ4v) is 0.794. The van der Waals surface area contributed by atoms with Crippen molar-refractivity contribution in [1.82, 2.24) is 0 Å². The Morgan fingerprint density at radius 2 is 2.00 bits per heavy atom. The molecule has 0 fully saturated rings. The molecular formula is C10H20O. The van der Waals surface area contributed by atoms with Crippen molar-refractivity contribution in [3.63, 3.8) is 0 Å². The van der Waals surface area contributed by atoms with E-state index in [9.17, 15) is 0 Å². The van der Waals surface area contributed by atoms with Crippen LogP contribution in [0.15, 0.2) is 12.2 Å². The lowest BCUT2D eigenvalue weighted by molar-refractivity contribution is 0.157. The Bertz CT molecular complexity index is 105. The molecule has 0 rings (SSSR count). The molecule has 0 heterocycles. The van der Waals surface area contributed by atoms with Crippen LogP contribution in [0.3, 0.4) is 0 Å². The van der Waals surface area contributed by atoms with Crippen LogP contribution in [0.25, 0.3) is 0 Å². The topological polar surface area (TPSA) is 20.2 Å². The molecule has 0 saturated heterocycles. The van der Waals surface area contributed by atoms with Crippen molar-refractivity contribution in [2.75, 3.05) is 0 Å². The van der Waals surface area contributed by atoms with Crippen LogP contribution in [0.1, 0.15) is 40.0 Å². The van der Waals surface area contributed by atoms with E-state index >= 15 is 0 Å². The molecule has 0 aliphatic rings. The number of allylic oxidation sites excluding steroid dienone is 1. The molecular weight excluding hydrogens is 136 g/mol. The summed E-state index contributed by atoms with van der Waals surface area (Å²) in [5.41, 5.74) is 0. The molecule has 0 aliphatic heterocycles. The van der Waals surface area contributed by atoms with Crippen LogP contribution in [0, 0.1) is 5.92 Å². The predicted molar refractivity (Wildman–Crippen MR) is 49.5 cm³/mol. The second-order valence-electron chi connectivity index (χ2n) is 3.17. The molecule has 0 aromatic rings. The first-order valence-corrected chi connectivity index (χ1v) is 4.53.